The minimum atomic E-state index is -0.599. The Morgan fingerprint density at radius 2 is 1.60 bits per heavy atom. The van der Waals surface area contributed by atoms with Crippen LogP contribution in [0.2, 0.25) is 0 Å². The molecule has 1 rings (SSSR count). The van der Waals surface area contributed by atoms with Crippen LogP contribution in [0.25, 0.3) is 0 Å². The van der Waals surface area contributed by atoms with Gasteiger partial charge in [-0.3, -0.25) is 4.79 Å². The molecule has 0 aromatic heterocycles. The van der Waals surface area contributed by atoms with Gasteiger partial charge in [-0.05, 0) is 5.92 Å². The lowest BCUT2D eigenvalue weighted by Gasteiger charge is -2.54. The molecular formula is C11H20O4. The van der Waals surface area contributed by atoms with E-state index in [4.69, 9.17) is 14.2 Å². The van der Waals surface area contributed by atoms with E-state index in [-0.39, 0.29) is 11.9 Å². The standard InChI is InChI=1S/C11H20O4/c1-8(2)10(9(12)13-3)6-11(7-10,14-4)15-5/h8H,6-7H2,1-5H3. The molecule has 4 heteroatoms. The molecule has 0 radical (unpaired) electrons. The van der Waals surface area contributed by atoms with Gasteiger partial charge in [-0.1, -0.05) is 13.8 Å². The number of methoxy groups -OCH3 is 3. The van der Waals surface area contributed by atoms with Gasteiger partial charge in [0.25, 0.3) is 0 Å². The highest BCUT2D eigenvalue weighted by molar-refractivity contribution is 5.78. The topological polar surface area (TPSA) is 44.8 Å². The summed E-state index contributed by atoms with van der Waals surface area (Å²) in [5.41, 5.74) is -0.444. The number of esters is 1. The van der Waals surface area contributed by atoms with Crippen molar-refractivity contribution in [3.05, 3.63) is 0 Å². The van der Waals surface area contributed by atoms with Crippen LogP contribution in [0.15, 0.2) is 0 Å². The molecule has 0 aromatic carbocycles. The zero-order chi connectivity index (χ0) is 11.7. The van der Waals surface area contributed by atoms with Crippen LogP contribution in [0, 0.1) is 11.3 Å². The summed E-state index contributed by atoms with van der Waals surface area (Å²) >= 11 is 0. The van der Waals surface area contributed by atoms with E-state index in [0.717, 1.165) is 0 Å². The molecule has 0 amide bonds. The number of ether oxygens (including phenoxy) is 3. The largest absolute Gasteiger partial charge is 0.469 e. The molecular weight excluding hydrogens is 196 g/mol. The third-order valence-electron chi connectivity index (χ3n) is 3.61. The maximum absolute atomic E-state index is 11.7. The van der Waals surface area contributed by atoms with Crippen molar-refractivity contribution in [2.75, 3.05) is 21.3 Å². The van der Waals surface area contributed by atoms with E-state index in [9.17, 15) is 4.79 Å². The van der Waals surface area contributed by atoms with E-state index in [0.29, 0.717) is 12.8 Å². The van der Waals surface area contributed by atoms with E-state index < -0.39 is 11.2 Å². The van der Waals surface area contributed by atoms with Crippen LogP contribution in [0.4, 0.5) is 0 Å². The maximum atomic E-state index is 11.7. The predicted octanol–water partition coefficient (Wildman–Crippen LogP) is 1.58. The Labute approximate surface area is 90.9 Å². The van der Waals surface area contributed by atoms with E-state index in [1.807, 2.05) is 13.8 Å². The lowest BCUT2D eigenvalue weighted by molar-refractivity contribution is -0.302. The third kappa shape index (κ3) is 1.76. The summed E-state index contributed by atoms with van der Waals surface area (Å²) in [5, 5.41) is 0. The first-order valence-corrected chi connectivity index (χ1v) is 5.15. The average molecular weight is 216 g/mol. The van der Waals surface area contributed by atoms with Gasteiger partial charge in [0.05, 0.1) is 12.5 Å². The monoisotopic (exact) mass is 216 g/mol. The van der Waals surface area contributed by atoms with Crippen molar-refractivity contribution in [3.8, 4) is 0 Å². The van der Waals surface area contributed by atoms with E-state index in [1.165, 1.54) is 7.11 Å². The van der Waals surface area contributed by atoms with Crippen molar-refractivity contribution in [1.82, 2.24) is 0 Å². The molecule has 0 unspecified atom stereocenters. The molecule has 1 aliphatic carbocycles. The number of rotatable bonds is 4. The summed E-state index contributed by atoms with van der Waals surface area (Å²) in [6, 6.07) is 0. The van der Waals surface area contributed by atoms with Crippen LogP contribution < -0.4 is 0 Å². The van der Waals surface area contributed by atoms with Crippen molar-refractivity contribution in [3.63, 3.8) is 0 Å². The first kappa shape index (κ1) is 12.5. The summed E-state index contributed by atoms with van der Waals surface area (Å²) in [4.78, 5) is 11.7. The van der Waals surface area contributed by atoms with E-state index in [1.54, 1.807) is 14.2 Å². The van der Waals surface area contributed by atoms with Crippen molar-refractivity contribution in [1.29, 1.82) is 0 Å². The van der Waals surface area contributed by atoms with Crippen LogP contribution >= 0.6 is 0 Å². The van der Waals surface area contributed by atoms with Gasteiger partial charge in [0, 0.05) is 27.1 Å². The second-order valence-electron chi connectivity index (χ2n) is 4.47. The first-order valence-electron chi connectivity index (χ1n) is 5.15. The van der Waals surface area contributed by atoms with Gasteiger partial charge >= 0.3 is 5.97 Å². The highest BCUT2D eigenvalue weighted by Crippen LogP contribution is 2.55. The molecule has 15 heavy (non-hydrogen) atoms. The second-order valence-corrected chi connectivity index (χ2v) is 4.47. The summed E-state index contributed by atoms with van der Waals surface area (Å²) in [7, 11) is 4.63. The smallest absolute Gasteiger partial charge is 0.312 e. The molecule has 1 saturated carbocycles. The fourth-order valence-electron chi connectivity index (χ4n) is 2.27. The van der Waals surface area contributed by atoms with E-state index >= 15 is 0 Å². The summed E-state index contributed by atoms with van der Waals surface area (Å²) in [5.74, 6) is -0.538. The molecule has 1 fully saturated rings. The molecule has 4 nitrogen and oxygen atoms in total. The van der Waals surface area contributed by atoms with Crippen molar-refractivity contribution >= 4 is 5.97 Å². The van der Waals surface area contributed by atoms with Crippen LogP contribution in [0.5, 0.6) is 0 Å². The number of carbonyl (C=O) groups excluding carboxylic acids is 1. The van der Waals surface area contributed by atoms with Crippen LogP contribution in [-0.2, 0) is 19.0 Å². The number of hydrogen-bond acceptors (Lipinski definition) is 4. The molecule has 0 saturated heterocycles. The second kappa shape index (κ2) is 4.10. The SMILES string of the molecule is COC(=O)C1(C(C)C)CC(OC)(OC)C1. The molecule has 0 bridgehead atoms. The molecule has 0 N–H and O–H groups in total. The Balaban J connectivity index is 2.80. The molecule has 0 aromatic rings. The third-order valence-corrected chi connectivity index (χ3v) is 3.61. The minimum absolute atomic E-state index is 0.165. The average Bonchev–Trinajstić information content (AvgIpc) is 2.17. The highest BCUT2D eigenvalue weighted by atomic mass is 16.7. The fourth-order valence-corrected chi connectivity index (χ4v) is 2.27. The fraction of sp³-hybridized carbons (Fsp3) is 0.909. The van der Waals surface area contributed by atoms with E-state index in [2.05, 4.69) is 0 Å². The molecule has 0 atom stereocenters. The van der Waals surface area contributed by atoms with Gasteiger partial charge < -0.3 is 14.2 Å². The quantitative estimate of drug-likeness (QED) is 0.528. The van der Waals surface area contributed by atoms with Gasteiger partial charge in [0.1, 0.15) is 0 Å². The summed E-state index contributed by atoms with van der Waals surface area (Å²) in [6.45, 7) is 4.04. The minimum Gasteiger partial charge on any atom is -0.469 e. The van der Waals surface area contributed by atoms with Crippen LogP contribution in [0.3, 0.4) is 0 Å². The van der Waals surface area contributed by atoms with Crippen LogP contribution in [0.1, 0.15) is 26.7 Å². The van der Waals surface area contributed by atoms with Gasteiger partial charge in [0.2, 0.25) is 0 Å². The molecule has 0 aliphatic heterocycles. The van der Waals surface area contributed by atoms with Gasteiger partial charge in [0.15, 0.2) is 5.79 Å². The number of hydrogen-bond donors (Lipinski definition) is 0. The van der Waals surface area contributed by atoms with Gasteiger partial charge in [-0.2, -0.15) is 0 Å². The van der Waals surface area contributed by atoms with Crippen molar-refractivity contribution in [2.45, 2.75) is 32.5 Å². The number of carbonyl (C=O) groups is 1. The van der Waals surface area contributed by atoms with Gasteiger partial charge in [-0.15, -0.1) is 0 Å². The molecule has 88 valence electrons. The lowest BCUT2D eigenvalue weighted by Crippen LogP contribution is -2.60. The maximum Gasteiger partial charge on any atom is 0.312 e. The Bertz CT molecular complexity index is 235. The summed E-state index contributed by atoms with van der Waals surface area (Å²) in [6.07, 6.45) is 1.13. The first-order chi connectivity index (χ1) is 6.96. The lowest BCUT2D eigenvalue weighted by atomic mass is 9.58. The van der Waals surface area contributed by atoms with Crippen molar-refractivity contribution < 1.29 is 19.0 Å². The van der Waals surface area contributed by atoms with Gasteiger partial charge in [-0.25, -0.2) is 0 Å². The van der Waals surface area contributed by atoms with Crippen molar-refractivity contribution in [2.24, 2.45) is 11.3 Å². The molecule has 1 aliphatic rings. The normalized spacial score (nSPS) is 22.3. The predicted molar refractivity (Wildman–Crippen MR) is 55.3 cm³/mol. The highest BCUT2D eigenvalue weighted by Gasteiger charge is 2.62. The Morgan fingerprint density at radius 3 is 1.87 bits per heavy atom. The Morgan fingerprint density at radius 1 is 1.13 bits per heavy atom. The summed E-state index contributed by atoms with van der Waals surface area (Å²) < 4.78 is 15.4. The zero-order valence-corrected chi connectivity index (χ0v) is 10.1. The molecule has 0 heterocycles. The Hall–Kier alpha value is -0.610. The zero-order valence-electron chi connectivity index (χ0n) is 10.1. The Kier molecular flexibility index (Phi) is 3.41. The van der Waals surface area contributed by atoms with Crippen LogP contribution in [-0.4, -0.2) is 33.1 Å². The molecule has 0 spiro atoms.